The summed E-state index contributed by atoms with van der Waals surface area (Å²) in [6.07, 6.45) is 0.0321. The summed E-state index contributed by atoms with van der Waals surface area (Å²) in [5, 5.41) is 3.34. The third-order valence-electron chi connectivity index (χ3n) is 4.57. The predicted octanol–water partition coefficient (Wildman–Crippen LogP) is 1.76. The maximum Gasteiger partial charge on any atom is 0.216 e. The number of benzene rings is 1. The Bertz CT molecular complexity index is 750. The lowest BCUT2D eigenvalue weighted by Gasteiger charge is -2.35. The molecule has 1 aromatic rings. The highest BCUT2D eigenvalue weighted by molar-refractivity contribution is 14.0. The minimum absolute atomic E-state index is 0. The monoisotopic (exact) mass is 540 g/mol. The van der Waals surface area contributed by atoms with E-state index in [2.05, 4.69) is 15.2 Å². The number of sulfonamides is 1. The molecule has 1 N–H and O–H groups in total. The number of nitrogens with one attached hydrogen (secondary N) is 1. The van der Waals surface area contributed by atoms with E-state index in [1.165, 1.54) is 0 Å². The highest BCUT2D eigenvalue weighted by Crippen LogP contribution is 2.17. The van der Waals surface area contributed by atoms with Crippen molar-refractivity contribution in [1.29, 1.82) is 0 Å². The fourth-order valence-electron chi connectivity index (χ4n) is 3.05. The molecule has 29 heavy (non-hydrogen) atoms. The van der Waals surface area contributed by atoms with Crippen LogP contribution in [0.2, 0.25) is 0 Å². The van der Waals surface area contributed by atoms with E-state index in [1.54, 1.807) is 18.5 Å². The van der Waals surface area contributed by atoms with Crippen LogP contribution in [-0.4, -0.2) is 82.4 Å². The maximum atomic E-state index is 12.5. The maximum absolute atomic E-state index is 12.5. The molecule has 0 aliphatic carbocycles. The molecule has 0 unspecified atom stereocenters. The van der Waals surface area contributed by atoms with Gasteiger partial charge in [0, 0.05) is 45.3 Å². The Morgan fingerprint density at radius 1 is 1.21 bits per heavy atom. The molecule has 1 fully saturated rings. The van der Waals surface area contributed by atoms with Crippen molar-refractivity contribution in [3.63, 3.8) is 0 Å². The van der Waals surface area contributed by atoms with Crippen molar-refractivity contribution in [3.8, 4) is 5.75 Å². The van der Waals surface area contributed by atoms with Crippen LogP contribution in [0.3, 0.4) is 0 Å². The number of methoxy groups -OCH3 is 1. The average molecular weight is 540 g/mol. The molecule has 0 bridgehead atoms. The zero-order valence-corrected chi connectivity index (χ0v) is 20.8. The standard InChI is InChI=1S/C19H32N4O4S.HI/c1-16(2)27-13-14-28(24,25)23-11-9-22(10-12-23)19(20-3)21-15-17-7-5-6-8-18(17)26-4;/h5-8,16H,9-15H2,1-4H3,(H,20,21);1H. The van der Waals surface area contributed by atoms with Crippen LogP contribution in [0.25, 0.3) is 0 Å². The first-order chi connectivity index (χ1) is 13.4. The molecule has 1 aliphatic heterocycles. The quantitative estimate of drug-likeness (QED) is 0.308. The van der Waals surface area contributed by atoms with Crippen molar-refractivity contribution < 1.29 is 17.9 Å². The Morgan fingerprint density at radius 2 is 1.86 bits per heavy atom. The Labute approximate surface area is 191 Å². The molecule has 0 amide bonds. The van der Waals surface area contributed by atoms with E-state index in [1.807, 2.05) is 38.1 Å². The zero-order valence-electron chi connectivity index (χ0n) is 17.6. The van der Waals surface area contributed by atoms with Gasteiger partial charge in [0.1, 0.15) is 5.75 Å². The Balaban J connectivity index is 0.00000420. The number of para-hydroxylation sites is 1. The number of rotatable bonds is 8. The molecule has 1 aliphatic rings. The van der Waals surface area contributed by atoms with Crippen LogP contribution in [0.5, 0.6) is 5.75 Å². The summed E-state index contributed by atoms with van der Waals surface area (Å²) in [7, 11) is 0.0911. The van der Waals surface area contributed by atoms with Crippen molar-refractivity contribution in [2.75, 3.05) is 52.7 Å². The van der Waals surface area contributed by atoms with Crippen LogP contribution in [0.4, 0.5) is 0 Å². The van der Waals surface area contributed by atoms with Crippen LogP contribution in [0.15, 0.2) is 29.3 Å². The molecule has 1 saturated heterocycles. The molecule has 8 nitrogen and oxygen atoms in total. The van der Waals surface area contributed by atoms with Crippen LogP contribution >= 0.6 is 24.0 Å². The number of guanidine groups is 1. The number of aliphatic imine (C=N–C) groups is 1. The SMILES string of the molecule is CN=C(NCc1ccccc1OC)N1CCN(S(=O)(=O)CCOC(C)C)CC1.I. The van der Waals surface area contributed by atoms with Crippen molar-refractivity contribution >= 4 is 40.0 Å². The van der Waals surface area contributed by atoms with E-state index in [0.29, 0.717) is 32.7 Å². The lowest BCUT2D eigenvalue weighted by Crippen LogP contribution is -2.54. The summed E-state index contributed by atoms with van der Waals surface area (Å²) in [5.74, 6) is 1.60. The molecule has 0 spiro atoms. The fourth-order valence-corrected chi connectivity index (χ4v) is 4.34. The molecule has 0 radical (unpaired) electrons. The van der Waals surface area contributed by atoms with Gasteiger partial charge in [0.05, 0.1) is 25.6 Å². The van der Waals surface area contributed by atoms with Gasteiger partial charge in [0.15, 0.2) is 5.96 Å². The number of hydrogen-bond acceptors (Lipinski definition) is 5. The number of piperazine rings is 1. The smallest absolute Gasteiger partial charge is 0.216 e. The zero-order chi connectivity index (χ0) is 20.6. The van der Waals surface area contributed by atoms with E-state index >= 15 is 0 Å². The van der Waals surface area contributed by atoms with Gasteiger partial charge in [0.2, 0.25) is 10.0 Å². The number of halogens is 1. The molecule has 166 valence electrons. The van der Waals surface area contributed by atoms with E-state index < -0.39 is 10.0 Å². The average Bonchev–Trinajstić information content (AvgIpc) is 2.68. The topological polar surface area (TPSA) is 83.5 Å². The van der Waals surface area contributed by atoms with Crippen LogP contribution in [0.1, 0.15) is 19.4 Å². The van der Waals surface area contributed by atoms with Gasteiger partial charge < -0.3 is 19.7 Å². The summed E-state index contributed by atoms with van der Waals surface area (Å²) < 4.78 is 37.2. The number of nitrogens with zero attached hydrogens (tertiary/aromatic N) is 3. The van der Waals surface area contributed by atoms with Crippen molar-refractivity contribution in [3.05, 3.63) is 29.8 Å². The normalized spacial score (nSPS) is 15.9. The third-order valence-corrected chi connectivity index (χ3v) is 6.40. The van der Waals surface area contributed by atoms with E-state index in [4.69, 9.17) is 9.47 Å². The predicted molar refractivity (Wildman–Crippen MR) is 127 cm³/mol. The Morgan fingerprint density at radius 3 is 2.45 bits per heavy atom. The van der Waals surface area contributed by atoms with Crippen LogP contribution < -0.4 is 10.1 Å². The van der Waals surface area contributed by atoms with Crippen LogP contribution in [0, 0.1) is 0 Å². The highest BCUT2D eigenvalue weighted by atomic mass is 127. The number of ether oxygens (including phenoxy) is 2. The van der Waals surface area contributed by atoms with Crippen LogP contribution in [-0.2, 0) is 21.3 Å². The third kappa shape index (κ3) is 7.91. The fraction of sp³-hybridized carbons (Fsp3) is 0.632. The minimum atomic E-state index is -3.29. The van der Waals surface area contributed by atoms with Gasteiger partial charge in [-0.15, -0.1) is 24.0 Å². The first-order valence-corrected chi connectivity index (χ1v) is 11.1. The summed E-state index contributed by atoms with van der Waals surface area (Å²) in [6, 6.07) is 7.83. The van der Waals surface area contributed by atoms with Crippen molar-refractivity contribution in [2.24, 2.45) is 4.99 Å². The molecular weight excluding hydrogens is 507 g/mol. The molecule has 0 aromatic heterocycles. The Kier molecular flexibility index (Phi) is 11.2. The summed E-state index contributed by atoms with van der Waals surface area (Å²) in [6.45, 7) is 6.68. The molecule has 0 saturated carbocycles. The van der Waals surface area contributed by atoms with Crippen molar-refractivity contribution in [2.45, 2.75) is 26.5 Å². The van der Waals surface area contributed by atoms with Gasteiger partial charge >= 0.3 is 0 Å². The van der Waals surface area contributed by atoms with E-state index in [0.717, 1.165) is 17.3 Å². The molecule has 1 heterocycles. The van der Waals surface area contributed by atoms with Gasteiger partial charge in [0.25, 0.3) is 0 Å². The van der Waals surface area contributed by atoms with E-state index in [-0.39, 0.29) is 42.4 Å². The summed E-state index contributed by atoms with van der Waals surface area (Å²) >= 11 is 0. The van der Waals surface area contributed by atoms with Gasteiger partial charge in [-0.25, -0.2) is 8.42 Å². The lowest BCUT2D eigenvalue weighted by atomic mass is 10.2. The molecular formula is C19H33IN4O4S. The van der Waals surface area contributed by atoms with Gasteiger partial charge in [-0.3, -0.25) is 4.99 Å². The highest BCUT2D eigenvalue weighted by Gasteiger charge is 2.28. The second kappa shape index (κ2) is 12.6. The summed E-state index contributed by atoms with van der Waals surface area (Å²) in [4.78, 5) is 6.42. The molecule has 0 atom stereocenters. The minimum Gasteiger partial charge on any atom is -0.496 e. The first-order valence-electron chi connectivity index (χ1n) is 9.54. The second-order valence-corrected chi connectivity index (χ2v) is 8.92. The van der Waals surface area contributed by atoms with Gasteiger partial charge in [-0.05, 0) is 19.9 Å². The molecule has 1 aromatic carbocycles. The molecule has 2 rings (SSSR count). The Hall–Kier alpha value is -1.11. The van der Waals surface area contributed by atoms with Gasteiger partial charge in [-0.1, -0.05) is 18.2 Å². The molecule has 10 heteroatoms. The first kappa shape index (κ1) is 25.9. The van der Waals surface area contributed by atoms with Crippen molar-refractivity contribution in [1.82, 2.24) is 14.5 Å². The van der Waals surface area contributed by atoms with E-state index in [9.17, 15) is 8.42 Å². The number of hydrogen-bond donors (Lipinski definition) is 1. The van der Waals surface area contributed by atoms with Gasteiger partial charge in [-0.2, -0.15) is 4.31 Å². The largest absolute Gasteiger partial charge is 0.496 e. The summed E-state index contributed by atoms with van der Waals surface area (Å²) in [5.41, 5.74) is 1.04. The lowest BCUT2D eigenvalue weighted by molar-refractivity contribution is 0.0904. The second-order valence-electron chi connectivity index (χ2n) is 6.83.